The molecule has 5 rings (SSSR count). The summed E-state index contributed by atoms with van der Waals surface area (Å²) < 4.78 is 7.98. The molecule has 10 heteroatoms. The van der Waals surface area contributed by atoms with Gasteiger partial charge in [0.2, 0.25) is 0 Å². The number of ketones is 1. The van der Waals surface area contributed by atoms with Crippen molar-refractivity contribution in [2.45, 2.75) is 75.5 Å². The minimum Gasteiger partial charge on any atom is -0.387 e. The van der Waals surface area contributed by atoms with Crippen LogP contribution in [0, 0.1) is 0 Å². The Balaban J connectivity index is 1.24. The number of rotatable bonds is 7. The summed E-state index contributed by atoms with van der Waals surface area (Å²) in [6.07, 6.45) is 5.52. The quantitative estimate of drug-likeness (QED) is 0.539. The number of carbonyl (C=O) groups excluding carboxylic acids is 1. The van der Waals surface area contributed by atoms with Gasteiger partial charge in [0, 0.05) is 37.7 Å². The van der Waals surface area contributed by atoms with Gasteiger partial charge in [-0.15, -0.1) is 0 Å². The van der Waals surface area contributed by atoms with Gasteiger partial charge in [-0.05, 0) is 51.4 Å². The molecule has 0 aromatic carbocycles. The van der Waals surface area contributed by atoms with E-state index < -0.39 is 24.5 Å². The van der Waals surface area contributed by atoms with Crippen LogP contribution in [0.3, 0.4) is 0 Å². The topological polar surface area (TPSA) is 130 Å². The third-order valence-corrected chi connectivity index (χ3v) is 8.18. The zero-order valence-corrected chi connectivity index (χ0v) is 19.8. The number of nitrogen functional groups attached to an aromatic ring is 1. The van der Waals surface area contributed by atoms with E-state index in [1.54, 1.807) is 16.8 Å². The Morgan fingerprint density at radius 3 is 2.76 bits per heavy atom. The lowest BCUT2D eigenvalue weighted by molar-refractivity contribution is -0.119. The van der Waals surface area contributed by atoms with E-state index in [1.807, 2.05) is 6.92 Å². The molecule has 3 saturated heterocycles. The molecule has 0 bridgehead atoms. The molecule has 3 aliphatic heterocycles. The van der Waals surface area contributed by atoms with E-state index in [1.165, 1.54) is 6.33 Å². The zero-order chi connectivity index (χ0) is 23.9. The fourth-order valence-corrected chi connectivity index (χ4v) is 6.02. The molecule has 1 spiro atoms. The van der Waals surface area contributed by atoms with E-state index in [0.717, 1.165) is 51.9 Å². The number of carbonyl (C=O) groups is 1. The highest BCUT2D eigenvalue weighted by molar-refractivity contribution is 5.86. The molecule has 0 radical (unpaired) electrons. The molecule has 34 heavy (non-hydrogen) atoms. The van der Waals surface area contributed by atoms with Gasteiger partial charge < -0.3 is 30.2 Å². The van der Waals surface area contributed by atoms with Crippen molar-refractivity contribution in [2.75, 3.05) is 38.5 Å². The van der Waals surface area contributed by atoms with Crippen LogP contribution in [0.2, 0.25) is 0 Å². The van der Waals surface area contributed by atoms with Crippen LogP contribution in [0.25, 0.3) is 11.0 Å². The highest BCUT2D eigenvalue weighted by Gasteiger charge is 2.49. The van der Waals surface area contributed by atoms with Gasteiger partial charge in [-0.3, -0.25) is 9.69 Å². The van der Waals surface area contributed by atoms with E-state index in [-0.39, 0.29) is 5.54 Å². The fourth-order valence-electron chi connectivity index (χ4n) is 6.02. The van der Waals surface area contributed by atoms with E-state index in [2.05, 4.69) is 19.8 Å². The number of hydrogen-bond donors (Lipinski definition) is 3. The van der Waals surface area contributed by atoms with Crippen molar-refractivity contribution in [3.63, 3.8) is 0 Å². The van der Waals surface area contributed by atoms with Crippen LogP contribution < -0.4 is 5.73 Å². The van der Waals surface area contributed by atoms with E-state index >= 15 is 0 Å². The van der Waals surface area contributed by atoms with Crippen LogP contribution in [0.4, 0.5) is 5.82 Å². The number of piperidine rings is 1. The van der Waals surface area contributed by atoms with E-state index in [9.17, 15) is 15.0 Å². The smallest absolute Gasteiger partial charge is 0.164 e. The molecule has 5 heterocycles. The Hall–Kier alpha value is -2.11. The number of aromatic nitrogens is 3. The lowest BCUT2D eigenvalue weighted by atomic mass is 9.84. The lowest BCUT2D eigenvalue weighted by Crippen LogP contribution is -2.55. The van der Waals surface area contributed by atoms with Gasteiger partial charge >= 0.3 is 0 Å². The molecule has 4 N–H and O–H groups in total. The number of Topliss-reactive ketones (excluding diaryl/α,β-unsaturated/α-hetero) is 1. The molecular formula is C24H36N6O4. The summed E-state index contributed by atoms with van der Waals surface area (Å²) in [4.78, 5) is 24.9. The van der Waals surface area contributed by atoms with Crippen LogP contribution in [-0.4, -0.2) is 96.9 Å². The van der Waals surface area contributed by atoms with Crippen LogP contribution >= 0.6 is 0 Å². The Morgan fingerprint density at radius 2 is 2.00 bits per heavy atom. The molecule has 186 valence electrons. The van der Waals surface area contributed by atoms with Crippen molar-refractivity contribution in [1.29, 1.82) is 0 Å². The SMILES string of the molecule is CCC(=O)CCN1CCC2(CCCN2C[C@H]2O[C@@H](n3ccc4c(N)ncnc43)[C@H](O)[C@@H]2O)CC1. The maximum Gasteiger partial charge on any atom is 0.164 e. The maximum atomic E-state index is 11.7. The maximum absolute atomic E-state index is 11.7. The molecule has 0 unspecified atom stereocenters. The first kappa shape index (κ1) is 23.6. The molecule has 2 aromatic rings. The molecule has 3 fully saturated rings. The first-order valence-electron chi connectivity index (χ1n) is 12.5. The number of ether oxygens (including phenoxy) is 1. The molecule has 0 saturated carbocycles. The monoisotopic (exact) mass is 472 g/mol. The molecule has 10 nitrogen and oxygen atoms in total. The van der Waals surface area contributed by atoms with Crippen LogP contribution in [-0.2, 0) is 9.53 Å². The van der Waals surface area contributed by atoms with Gasteiger partial charge in [-0.25, -0.2) is 9.97 Å². The van der Waals surface area contributed by atoms with Crippen molar-refractivity contribution in [3.05, 3.63) is 18.6 Å². The summed E-state index contributed by atoms with van der Waals surface area (Å²) >= 11 is 0. The largest absolute Gasteiger partial charge is 0.387 e. The minimum absolute atomic E-state index is 0.110. The Labute approximate surface area is 199 Å². The summed E-state index contributed by atoms with van der Waals surface area (Å²) in [5.74, 6) is 0.700. The number of likely N-dealkylation sites (tertiary alicyclic amines) is 2. The minimum atomic E-state index is -1.06. The van der Waals surface area contributed by atoms with Gasteiger partial charge in [0.15, 0.2) is 6.23 Å². The van der Waals surface area contributed by atoms with E-state index in [4.69, 9.17) is 10.5 Å². The lowest BCUT2D eigenvalue weighted by Gasteiger charge is -2.46. The van der Waals surface area contributed by atoms with E-state index in [0.29, 0.717) is 42.0 Å². The van der Waals surface area contributed by atoms with Crippen molar-refractivity contribution < 1.29 is 19.7 Å². The summed E-state index contributed by atoms with van der Waals surface area (Å²) in [5.41, 5.74) is 6.64. The second kappa shape index (κ2) is 9.50. The van der Waals surface area contributed by atoms with Crippen LogP contribution in [0.1, 0.15) is 51.7 Å². The number of nitrogens with two attached hydrogens (primary N) is 1. The fraction of sp³-hybridized carbons (Fsp3) is 0.708. The average Bonchev–Trinajstić information content (AvgIpc) is 3.52. The second-order valence-electron chi connectivity index (χ2n) is 10.0. The first-order valence-corrected chi connectivity index (χ1v) is 12.5. The van der Waals surface area contributed by atoms with Crippen molar-refractivity contribution >= 4 is 22.6 Å². The first-order chi connectivity index (χ1) is 16.4. The molecule has 4 atom stereocenters. The summed E-state index contributed by atoms with van der Waals surface area (Å²) in [5, 5.41) is 22.4. The molecule has 3 aliphatic rings. The molecule has 0 aliphatic carbocycles. The predicted molar refractivity (Wildman–Crippen MR) is 127 cm³/mol. The highest BCUT2D eigenvalue weighted by Crippen LogP contribution is 2.40. The van der Waals surface area contributed by atoms with Gasteiger partial charge in [-0.1, -0.05) is 6.92 Å². The number of hydrogen-bond acceptors (Lipinski definition) is 9. The number of aliphatic hydroxyl groups is 2. The van der Waals surface area contributed by atoms with Crippen molar-refractivity contribution in [3.8, 4) is 0 Å². The summed E-state index contributed by atoms with van der Waals surface area (Å²) in [6, 6.07) is 1.80. The van der Waals surface area contributed by atoms with Crippen molar-refractivity contribution in [1.82, 2.24) is 24.3 Å². The van der Waals surface area contributed by atoms with Gasteiger partial charge in [0.25, 0.3) is 0 Å². The third-order valence-electron chi connectivity index (χ3n) is 8.18. The summed E-state index contributed by atoms with van der Waals surface area (Å²) in [7, 11) is 0. The third kappa shape index (κ3) is 4.22. The average molecular weight is 473 g/mol. The summed E-state index contributed by atoms with van der Waals surface area (Å²) in [6.45, 7) is 6.30. The normalized spacial score (nSPS) is 30.0. The second-order valence-corrected chi connectivity index (χ2v) is 10.0. The van der Waals surface area contributed by atoms with Crippen molar-refractivity contribution in [2.24, 2.45) is 0 Å². The zero-order valence-electron chi connectivity index (χ0n) is 19.8. The van der Waals surface area contributed by atoms with Gasteiger partial charge in [0.1, 0.15) is 41.9 Å². The molecule has 2 aromatic heterocycles. The number of aliphatic hydroxyl groups excluding tert-OH is 2. The predicted octanol–water partition coefficient (Wildman–Crippen LogP) is 0.932. The highest BCUT2D eigenvalue weighted by atomic mass is 16.6. The number of fused-ring (bicyclic) bond motifs is 1. The number of anilines is 1. The molecule has 0 amide bonds. The van der Waals surface area contributed by atoms with Gasteiger partial charge in [-0.2, -0.15) is 0 Å². The Bertz CT molecular complexity index is 1020. The molecular weight excluding hydrogens is 436 g/mol. The standard InChI is InChI=1S/C24H36N6O4/c1-2-16(31)4-10-28-12-7-24(8-13-28)6-3-9-29(24)14-18-19(32)20(33)23(34-18)30-11-5-17-21(25)26-15-27-22(17)30/h5,11,15,18-20,23,32-33H,2-4,6-10,12-14H2,1H3,(H2,25,26,27)/t18-,19-,20-,23-/m1/s1. The van der Waals surface area contributed by atoms with Crippen LogP contribution in [0.15, 0.2) is 18.6 Å². The van der Waals surface area contributed by atoms with Crippen LogP contribution in [0.5, 0.6) is 0 Å². The van der Waals surface area contributed by atoms with Gasteiger partial charge in [0.05, 0.1) is 5.39 Å². The Morgan fingerprint density at radius 1 is 1.21 bits per heavy atom. The number of nitrogens with zero attached hydrogens (tertiary/aromatic N) is 5. The Kier molecular flexibility index (Phi) is 6.60.